The van der Waals surface area contributed by atoms with Gasteiger partial charge in [-0.2, -0.15) is 0 Å². The van der Waals surface area contributed by atoms with Gasteiger partial charge in [0.1, 0.15) is 12.7 Å². The number of hydrogen-bond acceptors (Lipinski definition) is 5. The Morgan fingerprint density at radius 3 is 2.76 bits per heavy atom. The van der Waals surface area contributed by atoms with Gasteiger partial charge >= 0.3 is 0 Å². The molecule has 3 heterocycles. The number of aromatic nitrogens is 3. The maximum absolute atomic E-state index is 12.3. The number of carbonyl (C=O) groups excluding carboxylic acids is 1. The maximum atomic E-state index is 12.3. The van der Waals surface area contributed by atoms with Crippen molar-refractivity contribution in [2.75, 3.05) is 32.7 Å². The lowest BCUT2D eigenvalue weighted by atomic mass is 10.3. The van der Waals surface area contributed by atoms with Gasteiger partial charge in [-0.1, -0.05) is 0 Å². The number of carbonyl (C=O) groups is 1. The Kier molecular flexibility index (Phi) is 4.30. The van der Waals surface area contributed by atoms with E-state index < -0.39 is 0 Å². The summed E-state index contributed by atoms with van der Waals surface area (Å²) in [6.07, 6.45) is 5.97. The Morgan fingerprint density at radius 2 is 2.00 bits per heavy atom. The second-order valence-corrected chi connectivity index (χ2v) is 5.16. The molecule has 1 aliphatic heterocycles. The molecule has 1 amide bonds. The summed E-state index contributed by atoms with van der Waals surface area (Å²) in [5.41, 5.74) is 0. The van der Waals surface area contributed by atoms with Crippen LogP contribution in [0.4, 0.5) is 0 Å². The molecule has 1 fully saturated rings. The number of nitrogens with zero attached hydrogens (tertiary/aromatic N) is 5. The SMILES string of the molecule is O=C(c1ccco1)N1CCCN(CCn2cnnc2)CC1. The standard InChI is InChI=1S/C14H19N5O2/c20-14(13-3-1-10-21-13)19-5-2-4-17(8-9-19)6-7-18-11-15-16-12-18/h1,3,10-12H,2,4-9H2. The van der Waals surface area contributed by atoms with E-state index in [-0.39, 0.29) is 5.91 Å². The van der Waals surface area contributed by atoms with Crippen LogP contribution < -0.4 is 0 Å². The number of hydrogen-bond donors (Lipinski definition) is 0. The molecule has 0 saturated carbocycles. The predicted molar refractivity (Wildman–Crippen MR) is 75.7 cm³/mol. The molecule has 7 heteroatoms. The highest BCUT2D eigenvalue weighted by atomic mass is 16.3. The van der Waals surface area contributed by atoms with Crippen LogP contribution >= 0.6 is 0 Å². The molecule has 2 aromatic rings. The summed E-state index contributed by atoms with van der Waals surface area (Å²) < 4.78 is 7.16. The molecule has 0 atom stereocenters. The topological polar surface area (TPSA) is 67.4 Å². The zero-order valence-electron chi connectivity index (χ0n) is 11.9. The highest BCUT2D eigenvalue weighted by Gasteiger charge is 2.21. The largest absolute Gasteiger partial charge is 0.459 e. The molecule has 21 heavy (non-hydrogen) atoms. The first-order valence-electron chi connectivity index (χ1n) is 7.20. The second kappa shape index (κ2) is 6.53. The normalized spacial score (nSPS) is 16.9. The molecular weight excluding hydrogens is 270 g/mol. The molecule has 1 saturated heterocycles. The molecular formula is C14H19N5O2. The van der Waals surface area contributed by atoms with Crippen LogP contribution in [-0.4, -0.2) is 63.2 Å². The Hall–Kier alpha value is -2.15. The van der Waals surface area contributed by atoms with E-state index in [9.17, 15) is 4.79 Å². The van der Waals surface area contributed by atoms with Crippen LogP contribution in [0.3, 0.4) is 0 Å². The average molecular weight is 289 g/mol. The summed E-state index contributed by atoms with van der Waals surface area (Å²) in [5, 5.41) is 7.60. The van der Waals surface area contributed by atoms with E-state index in [1.807, 2.05) is 9.47 Å². The van der Waals surface area contributed by atoms with E-state index in [0.717, 1.165) is 45.7 Å². The van der Waals surface area contributed by atoms with Gasteiger partial charge in [-0.15, -0.1) is 10.2 Å². The first kappa shape index (κ1) is 13.8. The van der Waals surface area contributed by atoms with E-state index in [2.05, 4.69) is 15.1 Å². The van der Waals surface area contributed by atoms with Crippen molar-refractivity contribution < 1.29 is 9.21 Å². The van der Waals surface area contributed by atoms with Crippen LogP contribution in [0.2, 0.25) is 0 Å². The van der Waals surface area contributed by atoms with Crippen molar-refractivity contribution in [3.63, 3.8) is 0 Å². The van der Waals surface area contributed by atoms with E-state index in [1.165, 1.54) is 6.26 Å². The van der Waals surface area contributed by atoms with Gasteiger partial charge in [0.15, 0.2) is 5.76 Å². The lowest BCUT2D eigenvalue weighted by Gasteiger charge is -2.21. The summed E-state index contributed by atoms with van der Waals surface area (Å²) in [6.45, 7) is 5.23. The van der Waals surface area contributed by atoms with Gasteiger partial charge in [0.25, 0.3) is 5.91 Å². The first-order chi connectivity index (χ1) is 10.3. The minimum absolute atomic E-state index is 0.0133. The molecule has 2 aromatic heterocycles. The summed E-state index contributed by atoms with van der Waals surface area (Å²) in [7, 11) is 0. The van der Waals surface area contributed by atoms with Gasteiger partial charge < -0.3 is 13.9 Å². The van der Waals surface area contributed by atoms with Crippen LogP contribution in [-0.2, 0) is 6.54 Å². The minimum atomic E-state index is -0.0133. The third-order valence-corrected chi connectivity index (χ3v) is 3.75. The zero-order valence-corrected chi connectivity index (χ0v) is 11.9. The molecule has 1 aliphatic rings. The third kappa shape index (κ3) is 3.49. The molecule has 3 rings (SSSR count). The van der Waals surface area contributed by atoms with Gasteiger partial charge in [0.05, 0.1) is 6.26 Å². The predicted octanol–water partition coefficient (Wildman–Crippen LogP) is 0.719. The lowest BCUT2D eigenvalue weighted by molar-refractivity contribution is 0.0729. The smallest absolute Gasteiger partial charge is 0.289 e. The Balaban J connectivity index is 1.51. The molecule has 0 bridgehead atoms. The quantitative estimate of drug-likeness (QED) is 0.829. The van der Waals surface area contributed by atoms with Gasteiger partial charge in [-0.05, 0) is 25.1 Å². The average Bonchev–Trinajstić information content (AvgIpc) is 3.15. The molecule has 0 unspecified atom stereocenters. The van der Waals surface area contributed by atoms with Crippen LogP contribution in [0.15, 0.2) is 35.5 Å². The fraction of sp³-hybridized carbons (Fsp3) is 0.500. The lowest BCUT2D eigenvalue weighted by Crippen LogP contribution is -2.35. The van der Waals surface area contributed by atoms with E-state index in [0.29, 0.717) is 5.76 Å². The Labute approximate surface area is 123 Å². The van der Waals surface area contributed by atoms with E-state index in [1.54, 1.807) is 24.8 Å². The summed E-state index contributed by atoms with van der Waals surface area (Å²) in [5.74, 6) is 0.411. The maximum Gasteiger partial charge on any atom is 0.289 e. The molecule has 7 nitrogen and oxygen atoms in total. The van der Waals surface area contributed by atoms with Crippen LogP contribution in [0.5, 0.6) is 0 Å². The van der Waals surface area contributed by atoms with Gasteiger partial charge in [0, 0.05) is 32.7 Å². The Bertz CT molecular complexity index is 552. The van der Waals surface area contributed by atoms with Crippen molar-refractivity contribution in [1.82, 2.24) is 24.6 Å². The molecule has 0 spiro atoms. The summed E-state index contributed by atoms with van der Waals surface area (Å²) in [6, 6.07) is 3.47. The highest BCUT2D eigenvalue weighted by Crippen LogP contribution is 2.09. The highest BCUT2D eigenvalue weighted by molar-refractivity contribution is 5.91. The zero-order chi connectivity index (χ0) is 14.5. The molecule has 0 aromatic carbocycles. The minimum Gasteiger partial charge on any atom is -0.459 e. The van der Waals surface area contributed by atoms with Gasteiger partial charge in [-0.3, -0.25) is 9.69 Å². The van der Waals surface area contributed by atoms with Gasteiger partial charge in [0.2, 0.25) is 0 Å². The van der Waals surface area contributed by atoms with Crippen molar-refractivity contribution in [3.05, 3.63) is 36.8 Å². The molecule has 0 N–H and O–H groups in total. The van der Waals surface area contributed by atoms with Gasteiger partial charge in [-0.25, -0.2) is 0 Å². The third-order valence-electron chi connectivity index (χ3n) is 3.75. The fourth-order valence-corrected chi connectivity index (χ4v) is 2.55. The molecule has 0 radical (unpaired) electrons. The van der Waals surface area contributed by atoms with E-state index >= 15 is 0 Å². The second-order valence-electron chi connectivity index (χ2n) is 5.16. The molecule has 112 valence electrons. The van der Waals surface area contributed by atoms with Crippen LogP contribution in [0.1, 0.15) is 17.0 Å². The Morgan fingerprint density at radius 1 is 1.14 bits per heavy atom. The molecule has 0 aliphatic carbocycles. The van der Waals surface area contributed by atoms with Crippen molar-refractivity contribution >= 4 is 5.91 Å². The van der Waals surface area contributed by atoms with Crippen molar-refractivity contribution in [2.45, 2.75) is 13.0 Å². The fourth-order valence-electron chi connectivity index (χ4n) is 2.55. The van der Waals surface area contributed by atoms with Crippen LogP contribution in [0.25, 0.3) is 0 Å². The number of furan rings is 1. The number of rotatable bonds is 4. The van der Waals surface area contributed by atoms with Crippen molar-refractivity contribution in [2.24, 2.45) is 0 Å². The van der Waals surface area contributed by atoms with E-state index in [4.69, 9.17) is 4.42 Å². The monoisotopic (exact) mass is 289 g/mol. The first-order valence-corrected chi connectivity index (χ1v) is 7.20. The van der Waals surface area contributed by atoms with Crippen molar-refractivity contribution in [1.29, 1.82) is 0 Å². The summed E-state index contributed by atoms with van der Waals surface area (Å²) >= 11 is 0. The summed E-state index contributed by atoms with van der Waals surface area (Å²) in [4.78, 5) is 16.5. The van der Waals surface area contributed by atoms with Crippen molar-refractivity contribution in [3.8, 4) is 0 Å². The number of amides is 1. The van der Waals surface area contributed by atoms with Crippen LogP contribution in [0, 0.1) is 0 Å².